The van der Waals surface area contributed by atoms with Crippen LogP contribution in [-0.2, 0) is 0 Å². The van der Waals surface area contributed by atoms with Crippen LogP contribution in [0.4, 0.5) is 0 Å². The van der Waals surface area contributed by atoms with Gasteiger partial charge in [-0.15, -0.1) is 0 Å². The number of halogens is 3. The molecule has 0 radical (unpaired) electrons. The van der Waals surface area contributed by atoms with Crippen LogP contribution in [0.5, 0.6) is 5.75 Å². The van der Waals surface area contributed by atoms with Crippen LogP contribution in [0.25, 0.3) is 0 Å². The molecule has 1 aliphatic heterocycles. The molecule has 0 saturated carbocycles. The third kappa shape index (κ3) is 3.07. The van der Waals surface area contributed by atoms with E-state index in [4.69, 9.17) is 27.9 Å². The average Bonchev–Trinajstić information content (AvgIpc) is 2.49. The molecule has 5 heteroatoms. The van der Waals surface area contributed by atoms with Gasteiger partial charge in [0, 0.05) is 22.5 Å². The Hall–Kier alpha value is -0.740. The summed E-state index contributed by atoms with van der Waals surface area (Å²) in [6, 6.07) is 12.0. The molecular formula is C16H14BrCl2NO. The molecule has 1 heterocycles. The first kappa shape index (κ1) is 15.2. The van der Waals surface area contributed by atoms with Crippen molar-refractivity contribution in [2.24, 2.45) is 0 Å². The van der Waals surface area contributed by atoms with E-state index in [1.165, 1.54) is 5.56 Å². The molecule has 0 aromatic heterocycles. The SMILES string of the molecule is CNC1CC(c2ccc(Cl)c(Cl)c2)Oc2ccc(Br)cc21. The van der Waals surface area contributed by atoms with Crippen molar-refractivity contribution in [1.82, 2.24) is 5.32 Å². The van der Waals surface area contributed by atoms with Gasteiger partial charge in [0.15, 0.2) is 0 Å². The second kappa shape index (κ2) is 6.17. The summed E-state index contributed by atoms with van der Waals surface area (Å²) < 4.78 is 7.19. The molecular weight excluding hydrogens is 373 g/mol. The van der Waals surface area contributed by atoms with Crippen LogP contribution >= 0.6 is 39.1 Å². The van der Waals surface area contributed by atoms with Gasteiger partial charge in [-0.25, -0.2) is 0 Å². The zero-order chi connectivity index (χ0) is 15.0. The van der Waals surface area contributed by atoms with Crippen LogP contribution in [0.15, 0.2) is 40.9 Å². The molecule has 1 N–H and O–H groups in total. The summed E-state index contributed by atoms with van der Waals surface area (Å²) in [5.74, 6) is 0.903. The maximum atomic E-state index is 6.14. The Labute approximate surface area is 142 Å². The highest BCUT2D eigenvalue weighted by molar-refractivity contribution is 9.10. The summed E-state index contributed by atoms with van der Waals surface area (Å²) in [5.41, 5.74) is 2.21. The van der Waals surface area contributed by atoms with Crippen LogP contribution in [0, 0.1) is 0 Å². The molecule has 0 aliphatic carbocycles. The summed E-state index contributed by atoms with van der Waals surface area (Å²) in [6.45, 7) is 0. The van der Waals surface area contributed by atoms with Gasteiger partial charge in [0.2, 0.25) is 0 Å². The monoisotopic (exact) mass is 385 g/mol. The zero-order valence-electron chi connectivity index (χ0n) is 11.4. The van der Waals surface area contributed by atoms with Gasteiger partial charge in [-0.3, -0.25) is 0 Å². The highest BCUT2D eigenvalue weighted by atomic mass is 79.9. The molecule has 0 fully saturated rings. The minimum absolute atomic E-state index is 0.0362. The van der Waals surface area contributed by atoms with Crippen molar-refractivity contribution >= 4 is 39.1 Å². The maximum Gasteiger partial charge on any atom is 0.126 e. The Bertz CT molecular complexity index is 677. The van der Waals surface area contributed by atoms with Gasteiger partial charge in [-0.2, -0.15) is 0 Å². The van der Waals surface area contributed by atoms with Gasteiger partial charge in [0.1, 0.15) is 11.9 Å². The number of ether oxygens (including phenoxy) is 1. The third-order valence-electron chi connectivity index (χ3n) is 3.73. The van der Waals surface area contributed by atoms with Crippen molar-refractivity contribution in [2.45, 2.75) is 18.6 Å². The van der Waals surface area contributed by atoms with Crippen LogP contribution in [-0.4, -0.2) is 7.05 Å². The Morgan fingerprint density at radius 1 is 1.14 bits per heavy atom. The average molecular weight is 387 g/mol. The van der Waals surface area contributed by atoms with E-state index in [2.05, 4.69) is 27.3 Å². The molecule has 110 valence electrons. The summed E-state index contributed by atoms with van der Waals surface area (Å²) in [7, 11) is 1.96. The van der Waals surface area contributed by atoms with E-state index in [9.17, 15) is 0 Å². The van der Waals surface area contributed by atoms with Gasteiger partial charge < -0.3 is 10.1 Å². The largest absolute Gasteiger partial charge is 0.485 e. The number of benzene rings is 2. The predicted octanol–water partition coefficient (Wildman–Crippen LogP) is 5.54. The topological polar surface area (TPSA) is 21.3 Å². The maximum absolute atomic E-state index is 6.14. The lowest BCUT2D eigenvalue weighted by Crippen LogP contribution is -2.26. The van der Waals surface area contributed by atoms with E-state index in [1.807, 2.05) is 37.4 Å². The molecule has 2 aromatic carbocycles. The van der Waals surface area contributed by atoms with Gasteiger partial charge in [-0.1, -0.05) is 45.2 Å². The molecule has 2 atom stereocenters. The van der Waals surface area contributed by atoms with E-state index < -0.39 is 0 Å². The molecule has 0 amide bonds. The molecule has 0 saturated heterocycles. The van der Waals surface area contributed by atoms with Crippen molar-refractivity contribution in [3.8, 4) is 5.75 Å². The molecule has 3 rings (SSSR count). The second-order valence-corrected chi connectivity index (χ2v) is 6.77. The number of rotatable bonds is 2. The molecule has 1 aliphatic rings. The van der Waals surface area contributed by atoms with Crippen molar-refractivity contribution in [3.05, 3.63) is 62.0 Å². The minimum atomic E-state index is -0.0362. The van der Waals surface area contributed by atoms with Crippen molar-refractivity contribution in [3.63, 3.8) is 0 Å². The van der Waals surface area contributed by atoms with E-state index in [-0.39, 0.29) is 12.1 Å². The lowest BCUT2D eigenvalue weighted by Gasteiger charge is -2.32. The van der Waals surface area contributed by atoms with Crippen molar-refractivity contribution in [2.75, 3.05) is 7.05 Å². The van der Waals surface area contributed by atoms with Crippen LogP contribution in [0.3, 0.4) is 0 Å². The van der Waals surface area contributed by atoms with Gasteiger partial charge in [-0.05, 0) is 42.9 Å². The Morgan fingerprint density at radius 3 is 2.67 bits per heavy atom. The lowest BCUT2D eigenvalue weighted by molar-refractivity contribution is 0.154. The van der Waals surface area contributed by atoms with Crippen LogP contribution in [0.1, 0.15) is 29.7 Å². The predicted molar refractivity (Wildman–Crippen MR) is 90.4 cm³/mol. The standard InChI is InChI=1S/C16H14BrCl2NO/c1-20-14-8-16(9-2-4-12(18)13(19)6-9)21-15-5-3-10(17)7-11(14)15/h2-7,14,16,20H,8H2,1H3. The third-order valence-corrected chi connectivity index (χ3v) is 4.96. The van der Waals surface area contributed by atoms with E-state index in [1.54, 1.807) is 0 Å². The fourth-order valence-electron chi connectivity index (χ4n) is 2.63. The number of nitrogens with one attached hydrogen (secondary N) is 1. The smallest absolute Gasteiger partial charge is 0.126 e. The first-order chi connectivity index (χ1) is 10.1. The number of fused-ring (bicyclic) bond motifs is 1. The Morgan fingerprint density at radius 2 is 1.95 bits per heavy atom. The lowest BCUT2D eigenvalue weighted by atomic mass is 9.93. The quantitative estimate of drug-likeness (QED) is 0.731. The molecule has 2 unspecified atom stereocenters. The zero-order valence-corrected chi connectivity index (χ0v) is 14.5. The summed E-state index contributed by atoms with van der Waals surface area (Å²) in [4.78, 5) is 0. The van der Waals surface area contributed by atoms with Gasteiger partial charge in [0.25, 0.3) is 0 Å². The molecule has 0 spiro atoms. The van der Waals surface area contributed by atoms with Crippen LogP contribution in [0.2, 0.25) is 10.0 Å². The minimum Gasteiger partial charge on any atom is -0.485 e. The Kier molecular flexibility index (Phi) is 4.46. The first-order valence-electron chi connectivity index (χ1n) is 6.67. The second-order valence-electron chi connectivity index (χ2n) is 5.04. The summed E-state index contributed by atoms with van der Waals surface area (Å²) in [6.07, 6.45) is 0.809. The fraction of sp³-hybridized carbons (Fsp3) is 0.250. The number of hydrogen-bond acceptors (Lipinski definition) is 2. The van der Waals surface area contributed by atoms with Crippen molar-refractivity contribution < 1.29 is 4.74 Å². The van der Waals surface area contributed by atoms with E-state index in [0.717, 1.165) is 22.2 Å². The van der Waals surface area contributed by atoms with Crippen LogP contribution < -0.4 is 10.1 Å². The molecule has 2 aromatic rings. The highest BCUT2D eigenvalue weighted by Gasteiger charge is 2.28. The van der Waals surface area contributed by atoms with E-state index >= 15 is 0 Å². The first-order valence-corrected chi connectivity index (χ1v) is 8.21. The summed E-state index contributed by atoms with van der Waals surface area (Å²) >= 11 is 15.6. The number of hydrogen-bond donors (Lipinski definition) is 1. The Balaban J connectivity index is 1.96. The van der Waals surface area contributed by atoms with Gasteiger partial charge >= 0.3 is 0 Å². The highest BCUT2D eigenvalue weighted by Crippen LogP contribution is 2.42. The molecule has 2 nitrogen and oxygen atoms in total. The molecule has 21 heavy (non-hydrogen) atoms. The normalized spacial score (nSPS) is 20.8. The molecule has 0 bridgehead atoms. The van der Waals surface area contributed by atoms with Crippen molar-refractivity contribution in [1.29, 1.82) is 0 Å². The van der Waals surface area contributed by atoms with E-state index in [0.29, 0.717) is 10.0 Å². The van der Waals surface area contributed by atoms with Gasteiger partial charge in [0.05, 0.1) is 10.0 Å². The summed E-state index contributed by atoms with van der Waals surface area (Å²) in [5, 5.41) is 4.47. The fourth-order valence-corrected chi connectivity index (χ4v) is 3.32.